The highest BCUT2D eigenvalue weighted by Crippen LogP contribution is 2.18. The highest BCUT2D eigenvalue weighted by molar-refractivity contribution is 5.71. The fraction of sp³-hybridized carbons (Fsp3) is 0.897. The van der Waals surface area contributed by atoms with Gasteiger partial charge in [-0.25, -0.2) is 0 Å². The molecule has 0 rings (SSSR count). The van der Waals surface area contributed by atoms with Gasteiger partial charge >= 0.3 is 17.9 Å². The first-order valence-corrected chi connectivity index (χ1v) is 33.3. The molecule has 436 valence electrons. The molecule has 0 bridgehead atoms. The van der Waals surface area contributed by atoms with Crippen LogP contribution in [0, 0.1) is 0 Å². The zero-order valence-corrected chi connectivity index (χ0v) is 50.1. The Morgan fingerprint density at radius 2 is 0.486 bits per heavy atom. The summed E-state index contributed by atoms with van der Waals surface area (Å²) in [5.74, 6) is -0.839. The van der Waals surface area contributed by atoms with E-state index in [1.54, 1.807) is 0 Å². The number of ether oxygens (including phenoxy) is 3. The van der Waals surface area contributed by atoms with Gasteiger partial charge in [0.15, 0.2) is 6.10 Å². The fourth-order valence-corrected chi connectivity index (χ4v) is 10.2. The van der Waals surface area contributed by atoms with Gasteiger partial charge in [0.25, 0.3) is 0 Å². The molecule has 0 amide bonds. The average Bonchev–Trinajstić information content (AvgIpc) is 3.40. The van der Waals surface area contributed by atoms with Gasteiger partial charge in [0.2, 0.25) is 0 Å². The molecule has 0 saturated carbocycles. The monoisotopic (exact) mass is 1040 g/mol. The number of unbranched alkanes of at least 4 members (excludes halogenated alkanes) is 47. The smallest absolute Gasteiger partial charge is 0.306 e. The normalized spacial score (nSPS) is 12.1. The van der Waals surface area contributed by atoms with Gasteiger partial charge in [-0.1, -0.05) is 328 Å². The van der Waals surface area contributed by atoms with E-state index in [1.807, 2.05) is 0 Å². The third kappa shape index (κ3) is 60.8. The zero-order chi connectivity index (χ0) is 53.6. The number of carbonyl (C=O) groups is 3. The predicted molar refractivity (Wildman–Crippen MR) is 321 cm³/mol. The molecule has 6 nitrogen and oxygen atoms in total. The van der Waals surface area contributed by atoms with Gasteiger partial charge in [-0.3, -0.25) is 14.4 Å². The maximum absolute atomic E-state index is 12.9. The lowest BCUT2D eigenvalue weighted by Gasteiger charge is -2.18. The molecule has 0 heterocycles. The molecule has 0 N–H and O–H groups in total. The number of hydrogen-bond acceptors (Lipinski definition) is 6. The minimum Gasteiger partial charge on any atom is -0.462 e. The van der Waals surface area contributed by atoms with E-state index in [1.165, 1.54) is 270 Å². The van der Waals surface area contributed by atoms with E-state index in [9.17, 15) is 14.4 Å². The number of allylic oxidation sites excluding steroid dienone is 4. The molecule has 0 saturated heterocycles. The van der Waals surface area contributed by atoms with Crippen molar-refractivity contribution in [3.05, 3.63) is 24.3 Å². The van der Waals surface area contributed by atoms with Crippen LogP contribution in [0.2, 0.25) is 0 Å². The Bertz CT molecular complexity index is 1190. The molecule has 0 spiro atoms. The van der Waals surface area contributed by atoms with Crippen LogP contribution in [0.1, 0.15) is 374 Å². The van der Waals surface area contributed by atoms with E-state index in [0.29, 0.717) is 19.3 Å². The maximum Gasteiger partial charge on any atom is 0.306 e. The molecule has 0 aliphatic rings. The molecule has 0 fully saturated rings. The third-order valence-corrected chi connectivity index (χ3v) is 15.2. The summed E-state index contributed by atoms with van der Waals surface area (Å²) >= 11 is 0. The van der Waals surface area contributed by atoms with E-state index in [0.717, 1.165) is 64.2 Å². The molecule has 0 aliphatic carbocycles. The summed E-state index contributed by atoms with van der Waals surface area (Å²) in [6.45, 7) is 6.69. The number of hydrogen-bond donors (Lipinski definition) is 0. The SMILES string of the molecule is CCCCC/C=C\C/C=C\CCCCCCCCCCCC(=O)OC(COC(=O)CCCCCCCCCCCCCCCCCC)COC(=O)CCCCCCCCCCCCCCCCCCCCCCC. The van der Waals surface area contributed by atoms with Gasteiger partial charge in [-0.05, 0) is 51.4 Å². The van der Waals surface area contributed by atoms with Crippen LogP contribution in [-0.4, -0.2) is 37.2 Å². The summed E-state index contributed by atoms with van der Waals surface area (Å²) in [5.41, 5.74) is 0. The van der Waals surface area contributed by atoms with Crippen LogP contribution in [0.25, 0.3) is 0 Å². The van der Waals surface area contributed by atoms with Crippen molar-refractivity contribution in [2.75, 3.05) is 13.2 Å². The Morgan fingerprint density at radius 3 is 0.770 bits per heavy atom. The van der Waals surface area contributed by atoms with Crippen LogP contribution in [0.5, 0.6) is 0 Å². The lowest BCUT2D eigenvalue weighted by Crippen LogP contribution is -2.30. The number of esters is 3. The summed E-state index contributed by atoms with van der Waals surface area (Å²) in [4.78, 5) is 38.4. The number of carbonyl (C=O) groups excluding carboxylic acids is 3. The van der Waals surface area contributed by atoms with Crippen LogP contribution in [0.4, 0.5) is 0 Å². The molecular formula is C68H128O6. The van der Waals surface area contributed by atoms with Crippen LogP contribution in [0.3, 0.4) is 0 Å². The van der Waals surface area contributed by atoms with E-state index in [2.05, 4.69) is 45.1 Å². The highest BCUT2D eigenvalue weighted by Gasteiger charge is 2.19. The number of rotatable bonds is 62. The third-order valence-electron chi connectivity index (χ3n) is 15.2. The van der Waals surface area contributed by atoms with Crippen molar-refractivity contribution in [1.29, 1.82) is 0 Å². The second-order valence-electron chi connectivity index (χ2n) is 22.7. The summed E-state index contributed by atoms with van der Waals surface area (Å²) in [6, 6.07) is 0. The molecule has 1 unspecified atom stereocenters. The van der Waals surface area contributed by atoms with Gasteiger partial charge in [-0.15, -0.1) is 0 Å². The quantitative estimate of drug-likeness (QED) is 0.0261. The van der Waals surface area contributed by atoms with Gasteiger partial charge in [-0.2, -0.15) is 0 Å². The first-order valence-electron chi connectivity index (χ1n) is 33.3. The standard InChI is InChI=1S/C68H128O6/c1-4-7-10-13-16-19-22-25-28-31-33-34-36-37-40-43-46-49-52-55-58-61-67(70)73-64-65(63-72-66(69)60-57-54-51-48-45-42-39-30-27-24-21-18-15-12-9-6-3)74-68(71)62-59-56-53-50-47-44-41-38-35-32-29-26-23-20-17-14-11-8-5-2/h17,20,26,29,65H,4-16,18-19,21-25,27-28,30-64H2,1-3H3/b20-17-,29-26-. The fourth-order valence-electron chi connectivity index (χ4n) is 10.2. The Balaban J connectivity index is 4.30. The van der Waals surface area contributed by atoms with Gasteiger partial charge in [0.05, 0.1) is 0 Å². The molecule has 0 aromatic carbocycles. The van der Waals surface area contributed by atoms with Crippen LogP contribution >= 0.6 is 0 Å². The molecule has 0 aromatic rings. The molecule has 74 heavy (non-hydrogen) atoms. The molecule has 6 heteroatoms. The van der Waals surface area contributed by atoms with Crippen LogP contribution in [0.15, 0.2) is 24.3 Å². The summed E-state index contributed by atoms with van der Waals surface area (Å²) in [5, 5.41) is 0. The van der Waals surface area contributed by atoms with Gasteiger partial charge < -0.3 is 14.2 Å². The Labute approximate surface area is 462 Å². The van der Waals surface area contributed by atoms with E-state index >= 15 is 0 Å². The minimum atomic E-state index is -0.770. The largest absolute Gasteiger partial charge is 0.462 e. The minimum absolute atomic E-state index is 0.0665. The molecular weight excluding hydrogens is 913 g/mol. The average molecular weight is 1040 g/mol. The van der Waals surface area contributed by atoms with Crippen molar-refractivity contribution < 1.29 is 28.6 Å². The topological polar surface area (TPSA) is 78.9 Å². The molecule has 0 radical (unpaired) electrons. The van der Waals surface area contributed by atoms with Crippen molar-refractivity contribution in [2.45, 2.75) is 380 Å². The highest BCUT2D eigenvalue weighted by atomic mass is 16.6. The summed E-state index contributed by atoms with van der Waals surface area (Å²) < 4.78 is 17.0. The first kappa shape index (κ1) is 71.9. The summed E-state index contributed by atoms with van der Waals surface area (Å²) in [6.07, 6.45) is 76.1. The van der Waals surface area contributed by atoms with Crippen LogP contribution < -0.4 is 0 Å². The Kier molecular flexibility index (Phi) is 61.6. The molecule has 0 aliphatic heterocycles. The van der Waals surface area contributed by atoms with Crippen molar-refractivity contribution in [1.82, 2.24) is 0 Å². The second-order valence-corrected chi connectivity index (χ2v) is 22.7. The van der Waals surface area contributed by atoms with E-state index in [-0.39, 0.29) is 31.1 Å². The lowest BCUT2D eigenvalue weighted by molar-refractivity contribution is -0.167. The van der Waals surface area contributed by atoms with Crippen molar-refractivity contribution in [2.24, 2.45) is 0 Å². The van der Waals surface area contributed by atoms with E-state index < -0.39 is 6.10 Å². The Hall–Kier alpha value is -2.11. The molecule has 1 atom stereocenters. The van der Waals surface area contributed by atoms with Gasteiger partial charge in [0, 0.05) is 19.3 Å². The summed E-state index contributed by atoms with van der Waals surface area (Å²) in [7, 11) is 0. The predicted octanol–water partition coefficient (Wildman–Crippen LogP) is 22.6. The lowest BCUT2D eigenvalue weighted by atomic mass is 10.0. The maximum atomic E-state index is 12.9. The van der Waals surface area contributed by atoms with E-state index in [4.69, 9.17) is 14.2 Å². The first-order chi connectivity index (χ1) is 36.5. The zero-order valence-electron chi connectivity index (χ0n) is 50.1. The van der Waals surface area contributed by atoms with Gasteiger partial charge in [0.1, 0.15) is 13.2 Å². The van der Waals surface area contributed by atoms with Crippen molar-refractivity contribution >= 4 is 17.9 Å². The second kappa shape index (κ2) is 63.4. The van der Waals surface area contributed by atoms with Crippen molar-refractivity contribution in [3.63, 3.8) is 0 Å². The molecule has 0 aromatic heterocycles. The van der Waals surface area contributed by atoms with Crippen molar-refractivity contribution in [3.8, 4) is 0 Å². The Morgan fingerprint density at radius 1 is 0.270 bits per heavy atom. The van der Waals surface area contributed by atoms with Crippen LogP contribution in [-0.2, 0) is 28.6 Å².